The highest BCUT2D eigenvalue weighted by Gasteiger charge is 2.16. The molecule has 1 aromatic carbocycles. The maximum absolute atomic E-state index is 12.0. The Morgan fingerprint density at radius 1 is 1.38 bits per heavy atom. The van der Waals surface area contributed by atoms with Gasteiger partial charge in [0.2, 0.25) is 0 Å². The van der Waals surface area contributed by atoms with Crippen LogP contribution in [-0.2, 0) is 4.74 Å². The van der Waals surface area contributed by atoms with Crippen LogP contribution in [0.1, 0.15) is 12.1 Å². The topological polar surface area (TPSA) is 63.2 Å². The van der Waals surface area contributed by atoms with E-state index >= 15 is 0 Å². The standard InChI is InChI=1S/C16H19N3O2/c1-11-5-6-13-14(18-11)3-2-4-15(13)19-16(20)17-9-12-7-8-21-10-12/h2-6,12H,7-10H2,1H3,(H2,17,19,20)/t12-/m0/s1. The highest BCUT2D eigenvalue weighted by molar-refractivity contribution is 6.00. The molecule has 0 saturated carbocycles. The van der Waals surface area contributed by atoms with Crippen LogP contribution in [0.25, 0.3) is 10.9 Å². The fraction of sp³-hybridized carbons (Fsp3) is 0.375. The molecule has 2 aromatic rings. The van der Waals surface area contributed by atoms with Gasteiger partial charge in [-0.05, 0) is 37.6 Å². The molecule has 21 heavy (non-hydrogen) atoms. The Hall–Kier alpha value is -2.14. The Bertz CT molecular complexity index is 651. The van der Waals surface area contributed by atoms with Gasteiger partial charge in [-0.1, -0.05) is 6.07 Å². The van der Waals surface area contributed by atoms with Crippen molar-refractivity contribution in [3.8, 4) is 0 Å². The number of carbonyl (C=O) groups excluding carboxylic acids is 1. The molecule has 0 spiro atoms. The summed E-state index contributed by atoms with van der Waals surface area (Å²) in [7, 11) is 0. The molecule has 3 rings (SSSR count). The third-order valence-electron chi connectivity index (χ3n) is 3.69. The number of nitrogens with one attached hydrogen (secondary N) is 2. The van der Waals surface area contributed by atoms with E-state index in [-0.39, 0.29) is 6.03 Å². The Morgan fingerprint density at radius 3 is 3.10 bits per heavy atom. The smallest absolute Gasteiger partial charge is 0.319 e. The number of amides is 2. The number of aryl methyl sites for hydroxylation is 1. The Morgan fingerprint density at radius 2 is 2.29 bits per heavy atom. The first-order valence-electron chi connectivity index (χ1n) is 7.21. The van der Waals surface area contributed by atoms with E-state index in [9.17, 15) is 4.79 Å². The van der Waals surface area contributed by atoms with Crippen molar-refractivity contribution in [3.63, 3.8) is 0 Å². The average molecular weight is 285 g/mol. The summed E-state index contributed by atoms with van der Waals surface area (Å²) in [5.74, 6) is 0.424. The van der Waals surface area contributed by atoms with Crippen molar-refractivity contribution in [2.75, 3.05) is 25.1 Å². The molecule has 0 unspecified atom stereocenters. The molecule has 2 amide bonds. The largest absolute Gasteiger partial charge is 0.381 e. The molecule has 1 aromatic heterocycles. The van der Waals surface area contributed by atoms with E-state index in [1.54, 1.807) is 0 Å². The molecule has 1 fully saturated rings. The molecule has 5 nitrogen and oxygen atoms in total. The summed E-state index contributed by atoms with van der Waals surface area (Å²) in [5, 5.41) is 6.74. The van der Waals surface area contributed by atoms with Gasteiger partial charge in [-0.3, -0.25) is 4.98 Å². The lowest BCUT2D eigenvalue weighted by Gasteiger charge is -2.12. The first kappa shape index (κ1) is 13.8. The Balaban J connectivity index is 1.67. The van der Waals surface area contributed by atoms with Crippen LogP contribution in [0.5, 0.6) is 0 Å². The van der Waals surface area contributed by atoms with Crippen molar-refractivity contribution >= 4 is 22.6 Å². The second kappa shape index (κ2) is 6.10. The van der Waals surface area contributed by atoms with Crippen molar-refractivity contribution in [2.45, 2.75) is 13.3 Å². The molecule has 0 aliphatic carbocycles. The van der Waals surface area contributed by atoms with Gasteiger partial charge in [0, 0.05) is 30.1 Å². The number of urea groups is 1. The molecule has 1 aliphatic rings. The lowest BCUT2D eigenvalue weighted by molar-refractivity contribution is 0.185. The minimum Gasteiger partial charge on any atom is -0.381 e. The molecule has 1 atom stereocenters. The number of nitrogens with zero attached hydrogens (tertiary/aromatic N) is 1. The minimum atomic E-state index is -0.185. The molecular weight excluding hydrogens is 266 g/mol. The molecular formula is C16H19N3O2. The fourth-order valence-corrected chi connectivity index (χ4v) is 2.51. The molecule has 1 saturated heterocycles. The summed E-state index contributed by atoms with van der Waals surface area (Å²) in [5.41, 5.74) is 2.63. The molecule has 2 heterocycles. The second-order valence-electron chi connectivity index (χ2n) is 5.39. The van der Waals surface area contributed by atoms with Gasteiger partial charge in [0.1, 0.15) is 0 Å². The van der Waals surface area contributed by atoms with Gasteiger partial charge in [0.15, 0.2) is 0 Å². The fourth-order valence-electron chi connectivity index (χ4n) is 2.51. The van der Waals surface area contributed by atoms with Crippen molar-refractivity contribution in [2.24, 2.45) is 5.92 Å². The summed E-state index contributed by atoms with van der Waals surface area (Å²) < 4.78 is 5.30. The van der Waals surface area contributed by atoms with E-state index in [2.05, 4.69) is 15.6 Å². The van der Waals surface area contributed by atoms with Crippen LogP contribution in [0.2, 0.25) is 0 Å². The van der Waals surface area contributed by atoms with Crippen LogP contribution in [0.3, 0.4) is 0 Å². The van der Waals surface area contributed by atoms with Crippen LogP contribution in [0, 0.1) is 12.8 Å². The van der Waals surface area contributed by atoms with Crippen LogP contribution < -0.4 is 10.6 Å². The van der Waals surface area contributed by atoms with Crippen LogP contribution >= 0.6 is 0 Å². The zero-order valence-corrected chi connectivity index (χ0v) is 12.1. The number of fused-ring (bicyclic) bond motifs is 1. The maximum atomic E-state index is 12.0. The first-order valence-corrected chi connectivity index (χ1v) is 7.21. The molecule has 1 aliphatic heterocycles. The third-order valence-corrected chi connectivity index (χ3v) is 3.69. The summed E-state index contributed by atoms with van der Waals surface area (Å²) in [6.45, 7) is 4.13. The number of anilines is 1. The van der Waals surface area contributed by atoms with E-state index in [4.69, 9.17) is 4.74 Å². The van der Waals surface area contributed by atoms with Crippen molar-refractivity contribution in [1.82, 2.24) is 10.3 Å². The van der Waals surface area contributed by atoms with Crippen LogP contribution in [-0.4, -0.2) is 30.8 Å². The quantitative estimate of drug-likeness (QED) is 0.911. The lowest BCUT2D eigenvalue weighted by atomic mass is 10.1. The normalized spacial score (nSPS) is 17.9. The predicted octanol–water partition coefficient (Wildman–Crippen LogP) is 2.70. The van der Waals surface area contributed by atoms with E-state index in [0.717, 1.165) is 41.9 Å². The van der Waals surface area contributed by atoms with Gasteiger partial charge in [-0.25, -0.2) is 4.79 Å². The van der Waals surface area contributed by atoms with Gasteiger partial charge >= 0.3 is 6.03 Å². The number of carbonyl (C=O) groups is 1. The molecule has 5 heteroatoms. The van der Waals surface area contributed by atoms with Gasteiger partial charge in [-0.2, -0.15) is 0 Å². The van der Waals surface area contributed by atoms with Crippen molar-refractivity contribution in [1.29, 1.82) is 0 Å². The highest BCUT2D eigenvalue weighted by Crippen LogP contribution is 2.22. The van der Waals surface area contributed by atoms with E-state index in [0.29, 0.717) is 12.5 Å². The van der Waals surface area contributed by atoms with Gasteiger partial charge in [-0.15, -0.1) is 0 Å². The van der Waals surface area contributed by atoms with Gasteiger partial charge in [0.25, 0.3) is 0 Å². The summed E-state index contributed by atoms with van der Waals surface area (Å²) >= 11 is 0. The number of pyridine rings is 1. The lowest BCUT2D eigenvalue weighted by Crippen LogP contribution is -2.33. The number of ether oxygens (including phenoxy) is 1. The number of hydrogen-bond donors (Lipinski definition) is 2. The van der Waals surface area contributed by atoms with E-state index in [1.807, 2.05) is 37.3 Å². The summed E-state index contributed by atoms with van der Waals surface area (Å²) in [6, 6.07) is 9.47. The van der Waals surface area contributed by atoms with Gasteiger partial charge < -0.3 is 15.4 Å². The van der Waals surface area contributed by atoms with Crippen LogP contribution in [0.4, 0.5) is 10.5 Å². The van der Waals surface area contributed by atoms with Crippen LogP contribution in [0.15, 0.2) is 30.3 Å². The molecule has 0 radical (unpaired) electrons. The Labute approximate surface area is 123 Å². The maximum Gasteiger partial charge on any atom is 0.319 e. The highest BCUT2D eigenvalue weighted by atomic mass is 16.5. The number of benzene rings is 1. The molecule has 2 N–H and O–H groups in total. The monoisotopic (exact) mass is 285 g/mol. The SMILES string of the molecule is Cc1ccc2c(NC(=O)NC[C@@H]3CCOC3)cccc2n1. The third kappa shape index (κ3) is 3.31. The van der Waals surface area contributed by atoms with Crippen molar-refractivity contribution < 1.29 is 9.53 Å². The van der Waals surface area contributed by atoms with Crippen molar-refractivity contribution in [3.05, 3.63) is 36.0 Å². The Kier molecular flexibility index (Phi) is 4.01. The molecule has 0 bridgehead atoms. The number of aromatic nitrogens is 1. The number of hydrogen-bond acceptors (Lipinski definition) is 3. The summed E-state index contributed by atoms with van der Waals surface area (Å²) in [4.78, 5) is 16.5. The van der Waals surface area contributed by atoms with Gasteiger partial charge in [0.05, 0.1) is 17.8 Å². The predicted molar refractivity (Wildman–Crippen MR) is 82.4 cm³/mol. The number of rotatable bonds is 3. The molecule has 110 valence electrons. The first-order chi connectivity index (χ1) is 10.2. The van der Waals surface area contributed by atoms with E-state index in [1.165, 1.54) is 0 Å². The summed E-state index contributed by atoms with van der Waals surface area (Å²) in [6.07, 6.45) is 1.01. The zero-order valence-electron chi connectivity index (χ0n) is 12.1. The average Bonchev–Trinajstić information content (AvgIpc) is 2.98. The minimum absolute atomic E-state index is 0.185. The zero-order chi connectivity index (χ0) is 14.7. The van der Waals surface area contributed by atoms with E-state index < -0.39 is 0 Å². The second-order valence-corrected chi connectivity index (χ2v) is 5.39.